The predicted octanol–water partition coefficient (Wildman–Crippen LogP) is 3.21. The molecule has 2 aromatic heterocycles. The lowest BCUT2D eigenvalue weighted by molar-refractivity contribution is -0.135. The molecule has 2 aromatic rings. The highest BCUT2D eigenvalue weighted by atomic mass is 16.5. The quantitative estimate of drug-likeness (QED) is 0.909. The maximum Gasteiger partial charge on any atom is 0.225 e. The van der Waals surface area contributed by atoms with Crippen molar-refractivity contribution in [3.05, 3.63) is 34.8 Å². The van der Waals surface area contributed by atoms with Gasteiger partial charge >= 0.3 is 0 Å². The average Bonchev–Trinajstić information content (AvgIpc) is 2.98. The molecule has 3 heterocycles. The topological polar surface area (TPSA) is 79.5 Å². The maximum atomic E-state index is 12.4. The number of hydrogen-bond acceptors (Lipinski definition) is 5. The molecule has 1 fully saturated rings. The third kappa shape index (κ3) is 3.51. The van der Waals surface area contributed by atoms with Crippen molar-refractivity contribution in [1.29, 1.82) is 0 Å². The van der Waals surface area contributed by atoms with E-state index in [9.17, 15) is 9.90 Å². The second-order valence-corrected chi connectivity index (χ2v) is 7.38. The molecule has 1 N–H and O–H groups in total. The van der Waals surface area contributed by atoms with E-state index in [1.807, 2.05) is 44.7 Å². The molecule has 6 nitrogen and oxygen atoms in total. The molecule has 1 aliphatic rings. The zero-order valence-corrected chi connectivity index (χ0v) is 16.0. The number of likely N-dealkylation sites (tertiary alicyclic amines) is 1. The number of rotatable bonds is 4. The van der Waals surface area contributed by atoms with Crippen molar-refractivity contribution >= 4 is 5.91 Å². The standard InChI is InChI=1S/C20H27N3O3/c1-12(2)20(25)23-9-5-6-15(10-23)17-8-7-16(11-24)19(21-17)18-13(3)22-26-14(18)4/h7-8,12,15,24H,5-6,9-11H2,1-4H3. The third-order valence-electron chi connectivity index (χ3n) is 5.09. The van der Waals surface area contributed by atoms with E-state index in [2.05, 4.69) is 5.16 Å². The third-order valence-corrected chi connectivity index (χ3v) is 5.09. The Bertz CT molecular complexity index is 778. The van der Waals surface area contributed by atoms with Crippen LogP contribution in [0.5, 0.6) is 0 Å². The van der Waals surface area contributed by atoms with Crippen molar-refractivity contribution in [2.75, 3.05) is 13.1 Å². The van der Waals surface area contributed by atoms with Crippen molar-refractivity contribution in [2.24, 2.45) is 5.92 Å². The van der Waals surface area contributed by atoms with Crippen LogP contribution in [-0.2, 0) is 11.4 Å². The SMILES string of the molecule is Cc1noc(C)c1-c1nc(C2CCCN(C(=O)C(C)C)C2)ccc1CO. The van der Waals surface area contributed by atoms with E-state index in [0.717, 1.165) is 47.6 Å². The number of pyridine rings is 1. The molecule has 1 saturated heterocycles. The number of carbonyl (C=O) groups excluding carboxylic acids is 1. The van der Waals surface area contributed by atoms with Crippen LogP contribution in [0.25, 0.3) is 11.3 Å². The van der Waals surface area contributed by atoms with Crippen LogP contribution in [-0.4, -0.2) is 39.1 Å². The first-order valence-electron chi connectivity index (χ1n) is 9.25. The summed E-state index contributed by atoms with van der Waals surface area (Å²) in [5.41, 5.74) is 4.06. The molecule has 0 spiro atoms. The molecule has 1 aliphatic heterocycles. The number of piperidine rings is 1. The number of aliphatic hydroxyl groups excluding tert-OH is 1. The highest BCUT2D eigenvalue weighted by molar-refractivity contribution is 5.78. The Kier molecular flexibility index (Phi) is 5.41. The zero-order valence-electron chi connectivity index (χ0n) is 16.0. The minimum absolute atomic E-state index is 0.0105. The highest BCUT2D eigenvalue weighted by Gasteiger charge is 2.28. The number of hydrogen-bond donors (Lipinski definition) is 1. The number of nitrogens with zero attached hydrogens (tertiary/aromatic N) is 3. The lowest BCUT2D eigenvalue weighted by Crippen LogP contribution is -2.41. The van der Waals surface area contributed by atoms with Gasteiger partial charge < -0.3 is 14.5 Å². The van der Waals surface area contributed by atoms with Gasteiger partial charge in [-0.3, -0.25) is 9.78 Å². The molecular formula is C20H27N3O3. The summed E-state index contributed by atoms with van der Waals surface area (Å²) < 4.78 is 5.28. The van der Waals surface area contributed by atoms with E-state index in [-0.39, 0.29) is 24.3 Å². The molecule has 26 heavy (non-hydrogen) atoms. The Balaban J connectivity index is 1.94. The van der Waals surface area contributed by atoms with Gasteiger partial charge in [-0.1, -0.05) is 25.1 Å². The summed E-state index contributed by atoms with van der Waals surface area (Å²) in [5, 5.41) is 13.7. The number of carbonyl (C=O) groups is 1. The minimum Gasteiger partial charge on any atom is -0.392 e. The summed E-state index contributed by atoms with van der Waals surface area (Å²) in [6, 6.07) is 3.90. The van der Waals surface area contributed by atoms with Gasteiger partial charge in [0.1, 0.15) is 5.76 Å². The van der Waals surface area contributed by atoms with Gasteiger partial charge in [0.05, 0.1) is 23.6 Å². The number of amides is 1. The Labute approximate surface area is 154 Å². The van der Waals surface area contributed by atoms with E-state index in [0.29, 0.717) is 12.3 Å². The molecule has 0 bridgehead atoms. The van der Waals surface area contributed by atoms with Gasteiger partial charge in [-0.25, -0.2) is 0 Å². The molecular weight excluding hydrogens is 330 g/mol. The summed E-state index contributed by atoms with van der Waals surface area (Å²) in [5.74, 6) is 1.12. The van der Waals surface area contributed by atoms with Crippen molar-refractivity contribution in [1.82, 2.24) is 15.0 Å². The Hall–Kier alpha value is -2.21. The van der Waals surface area contributed by atoms with Gasteiger partial charge in [0.2, 0.25) is 5.91 Å². The number of aryl methyl sites for hydroxylation is 2. The highest BCUT2D eigenvalue weighted by Crippen LogP contribution is 2.32. The lowest BCUT2D eigenvalue weighted by atomic mass is 9.92. The summed E-state index contributed by atoms with van der Waals surface area (Å²) >= 11 is 0. The van der Waals surface area contributed by atoms with Gasteiger partial charge in [-0.2, -0.15) is 0 Å². The molecule has 1 atom stereocenters. The molecule has 1 unspecified atom stereocenters. The normalized spacial score (nSPS) is 17.8. The molecule has 6 heteroatoms. The molecule has 0 saturated carbocycles. The zero-order chi connectivity index (χ0) is 18.8. The largest absolute Gasteiger partial charge is 0.392 e. The monoisotopic (exact) mass is 357 g/mol. The van der Waals surface area contributed by atoms with E-state index in [4.69, 9.17) is 9.51 Å². The van der Waals surface area contributed by atoms with Crippen LogP contribution in [0.15, 0.2) is 16.7 Å². The number of aliphatic hydroxyl groups is 1. The van der Waals surface area contributed by atoms with Crippen LogP contribution in [0, 0.1) is 19.8 Å². The van der Waals surface area contributed by atoms with Gasteiger partial charge in [-0.05, 0) is 32.8 Å². The molecule has 1 amide bonds. The van der Waals surface area contributed by atoms with E-state index in [1.54, 1.807) is 0 Å². The smallest absolute Gasteiger partial charge is 0.225 e. The van der Waals surface area contributed by atoms with E-state index in [1.165, 1.54) is 0 Å². The van der Waals surface area contributed by atoms with E-state index < -0.39 is 0 Å². The molecule has 0 aromatic carbocycles. The van der Waals surface area contributed by atoms with Crippen LogP contribution in [0.2, 0.25) is 0 Å². The first-order chi connectivity index (χ1) is 12.4. The Morgan fingerprint density at radius 2 is 2.15 bits per heavy atom. The van der Waals surface area contributed by atoms with Crippen LogP contribution >= 0.6 is 0 Å². The van der Waals surface area contributed by atoms with Gasteiger partial charge in [0, 0.05) is 36.2 Å². The fourth-order valence-electron chi connectivity index (χ4n) is 3.68. The van der Waals surface area contributed by atoms with Crippen LogP contribution in [0.3, 0.4) is 0 Å². The molecule has 0 radical (unpaired) electrons. The van der Waals surface area contributed by atoms with Crippen LogP contribution < -0.4 is 0 Å². The Morgan fingerprint density at radius 1 is 1.38 bits per heavy atom. The maximum absolute atomic E-state index is 12.4. The van der Waals surface area contributed by atoms with Gasteiger partial charge in [0.15, 0.2) is 0 Å². The van der Waals surface area contributed by atoms with Crippen molar-refractivity contribution < 1.29 is 14.4 Å². The summed E-state index contributed by atoms with van der Waals surface area (Å²) in [4.78, 5) is 19.2. The van der Waals surface area contributed by atoms with Gasteiger partial charge in [-0.15, -0.1) is 0 Å². The first kappa shape index (κ1) is 18.6. The molecule has 0 aliphatic carbocycles. The summed E-state index contributed by atoms with van der Waals surface area (Å²) in [6.07, 6.45) is 1.99. The van der Waals surface area contributed by atoms with Crippen molar-refractivity contribution in [2.45, 2.75) is 53.1 Å². The first-order valence-corrected chi connectivity index (χ1v) is 9.25. The fourth-order valence-corrected chi connectivity index (χ4v) is 3.68. The lowest BCUT2D eigenvalue weighted by Gasteiger charge is -2.33. The fraction of sp³-hybridized carbons (Fsp3) is 0.550. The predicted molar refractivity (Wildman–Crippen MR) is 98.5 cm³/mol. The second-order valence-electron chi connectivity index (χ2n) is 7.38. The van der Waals surface area contributed by atoms with Crippen LogP contribution in [0.1, 0.15) is 55.3 Å². The van der Waals surface area contributed by atoms with Crippen molar-refractivity contribution in [3.8, 4) is 11.3 Å². The minimum atomic E-state index is -0.0880. The second kappa shape index (κ2) is 7.58. The molecule has 3 rings (SSSR count). The number of aromatic nitrogens is 2. The van der Waals surface area contributed by atoms with Gasteiger partial charge in [0.25, 0.3) is 0 Å². The Morgan fingerprint density at radius 3 is 2.77 bits per heavy atom. The summed E-state index contributed by atoms with van der Waals surface area (Å²) in [7, 11) is 0. The van der Waals surface area contributed by atoms with Crippen LogP contribution in [0.4, 0.5) is 0 Å². The van der Waals surface area contributed by atoms with E-state index >= 15 is 0 Å². The summed E-state index contributed by atoms with van der Waals surface area (Å²) in [6.45, 7) is 9.04. The average molecular weight is 357 g/mol. The van der Waals surface area contributed by atoms with Crippen molar-refractivity contribution in [3.63, 3.8) is 0 Å². The molecule has 140 valence electrons.